The highest BCUT2D eigenvalue weighted by molar-refractivity contribution is 5.96. The molecule has 0 unspecified atom stereocenters. The number of amides is 1. The number of ether oxygens (including phenoxy) is 2. The fourth-order valence-corrected chi connectivity index (χ4v) is 3.36. The molecule has 1 aliphatic rings. The van der Waals surface area contributed by atoms with E-state index in [1.807, 2.05) is 41.9 Å². The van der Waals surface area contributed by atoms with Crippen LogP contribution < -0.4 is 9.47 Å². The molecule has 28 heavy (non-hydrogen) atoms. The Kier molecular flexibility index (Phi) is 4.68. The van der Waals surface area contributed by atoms with Crippen molar-refractivity contribution in [3.63, 3.8) is 0 Å². The second-order valence-corrected chi connectivity index (χ2v) is 6.47. The highest BCUT2D eigenvalue weighted by atomic mass is 16.5. The Balaban J connectivity index is 1.64. The van der Waals surface area contributed by atoms with Gasteiger partial charge in [0.25, 0.3) is 5.91 Å². The first-order valence-corrected chi connectivity index (χ1v) is 9.02. The van der Waals surface area contributed by atoms with Crippen molar-refractivity contribution in [1.82, 2.24) is 24.6 Å². The molecule has 3 aromatic rings. The first-order chi connectivity index (χ1) is 13.6. The normalized spacial score (nSPS) is 15.8. The first-order valence-electron chi connectivity index (χ1n) is 9.02. The third-order valence-corrected chi connectivity index (χ3v) is 4.85. The molecule has 2 aromatic heterocycles. The summed E-state index contributed by atoms with van der Waals surface area (Å²) >= 11 is 0. The highest BCUT2D eigenvalue weighted by Crippen LogP contribution is 2.29. The molecule has 144 valence electrons. The SMILES string of the molecule is COc1ccc(C(=O)N2CCn3nc(-c4ccccc4)nc3[C@@H]2C)c(OC)n1. The zero-order chi connectivity index (χ0) is 19.7. The van der Waals surface area contributed by atoms with Crippen molar-refractivity contribution in [3.8, 4) is 23.1 Å². The van der Waals surface area contributed by atoms with Crippen LogP contribution in [0.5, 0.6) is 11.8 Å². The van der Waals surface area contributed by atoms with Gasteiger partial charge in [0.2, 0.25) is 11.8 Å². The first kappa shape index (κ1) is 18.0. The standard InChI is InChI=1S/C20H21N5O3/c1-13-18-22-17(14-7-5-4-6-8-14)23-25(18)12-11-24(13)20(26)15-9-10-16(27-2)21-19(15)28-3/h4-10,13H,11-12H2,1-3H3/t13-/m0/s1. The fourth-order valence-electron chi connectivity index (χ4n) is 3.36. The van der Waals surface area contributed by atoms with Crippen LogP contribution in [0.15, 0.2) is 42.5 Å². The van der Waals surface area contributed by atoms with Gasteiger partial charge in [-0.2, -0.15) is 10.1 Å². The number of fused-ring (bicyclic) bond motifs is 1. The van der Waals surface area contributed by atoms with E-state index < -0.39 is 0 Å². The van der Waals surface area contributed by atoms with E-state index in [0.29, 0.717) is 30.4 Å². The maximum Gasteiger partial charge on any atom is 0.260 e. The average molecular weight is 379 g/mol. The summed E-state index contributed by atoms with van der Waals surface area (Å²) in [6.07, 6.45) is 0. The van der Waals surface area contributed by atoms with Crippen LogP contribution in [0.2, 0.25) is 0 Å². The number of hydrogen-bond acceptors (Lipinski definition) is 6. The number of aromatic nitrogens is 4. The van der Waals surface area contributed by atoms with Gasteiger partial charge >= 0.3 is 0 Å². The molecule has 1 aliphatic heterocycles. The number of carbonyl (C=O) groups is 1. The van der Waals surface area contributed by atoms with Crippen LogP contribution in [-0.4, -0.2) is 51.3 Å². The lowest BCUT2D eigenvalue weighted by Crippen LogP contribution is -2.41. The Morgan fingerprint density at radius 1 is 1.04 bits per heavy atom. The molecule has 4 rings (SSSR count). The minimum atomic E-state index is -0.224. The van der Waals surface area contributed by atoms with E-state index in [-0.39, 0.29) is 17.8 Å². The molecular formula is C20H21N5O3. The maximum absolute atomic E-state index is 13.2. The van der Waals surface area contributed by atoms with Gasteiger partial charge in [0.05, 0.1) is 26.8 Å². The summed E-state index contributed by atoms with van der Waals surface area (Å²) in [5.74, 6) is 1.91. The molecule has 8 heteroatoms. The highest BCUT2D eigenvalue weighted by Gasteiger charge is 2.33. The summed E-state index contributed by atoms with van der Waals surface area (Å²) in [5.41, 5.74) is 1.35. The van der Waals surface area contributed by atoms with Crippen molar-refractivity contribution in [2.45, 2.75) is 19.5 Å². The number of pyridine rings is 1. The molecule has 8 nitrogen and oxygen atoms in total. The predicted molar refractivity (Wildman–Crippen MR) is 102 cm³/mol. The van der Waals surface area contributed by atoms with E-state index in [1.165, 1.54) is 14.2 Å². The van der Waals surface area contributed by atoms with Gasteiger partial charge < -0.3 is 14.4 Å². The van der Waals surface area contributed by atoms with Gasteiger partial charge in [0, 0.05) is 18.2 Å². The Labute approximate surface area is 162 Å². The number of methoxy groups -OCH3 is 2. The molecular weight excluding hydrogens is 358 g/mol. The third-order valence-electron chi connectivity index (χ3n) is 4.85. The van der Waals surface area contributed by atoms with Crippen LogP contribution in [0.25, 0.3) is 11.4 Å². The molecule has 0 aliphatic carbocycles. The van der Waals surface area contributed by atoms with E-state index in [4.69, 9.17) is 9.47 Å². The Morgan fingerprint density at radius 3 is 2.54 bits per heavy atom. The molecule has 0 radical (unpaired) electrons. The Morgan fingerprint density at radius 2 is 1.82 bits per heavy atom. The summed E-state index contributed by atoms with van der Waals surface area (Å²) in [6, 6.07) is 12.9. The van der Waals surface area contributed by atoms with Crippen LogP contribution in [0.1, 0.15) is 29.1 Å². The summed E-state index contributed by atoms with van der Waals surface area (Å²) in [6.45, 7) is 3.06. The lowest BCUT2D eigenvalue weighted by molar-refractivity contribution is 0.0626. The van der Waals surface area contributed by atoms with Gasteiger partial charge in [0.15, 0.2) is 5.82 Å². The molecule has 0 fully saturated rings. The van der Waals surface area contributed by atoms with Crippen molar-refractivity contribution in [2.24, 2.45) is 0 Å². The van der Waals surface area contributed by atoms with Crippen molar-refractivity contribution in [2.75, 3.05) is 20.8 Å². The largest absolute Gasteiger partial charge is 0.481 e. The number of hydrogen-bond donors (Lipinski definition) is 0. The zero-order valence-corrected chi connectivity index (χ0v) is 16.0. The second-order valence-electron chi connectivity index (χ2n) is 6.47. The van der Waals surface area contributed by atoms with Gasteiger partial charge in [-0.1, -0.05) is 30.3 Å². The topological polar surface area (TPSA) is 82.4 Å². The van der Waals surface area contributed by atoms with E-state index >= 15 is 0 Å². The monoisotopic (exact) mass is 379 g/mol. The lowest BCUT2D eigenvalue weighted by Gasteiger charge is -2.33. The number of rotatable bonds is 4. The Hall–Kier alpha value is -3.42. The predicted octanol–water partition coefficient (Wildman–Crippen LogP) is 2.57. The van der Waals surface area contributed by atoms with Crippen molar-refractivity contribution >= 4 is 5.91 Å². The Bertz CT molecular complexity index is 1000. The van der Waals surface area contributed by atoms with Crippen LogP contribution >= 0.6 is 0 Å². The third kappa shape index (κ3) is 3.06. The van der Waals surface area contributed by atoms with Crippen molar-refractivity contribution < 1.29 is 14.3 Å². The molecule has 1 aromatic carbocycles. The summed E-state index contributed by atoms with van der Waals surface area (Å²) < 4.78 is 12.3. The number of nitrogens with zero attached hydrogens (tertiary/aromatic N) is 5. The smallest absolute Gasteiger partial charge is 0.260 e. The van der Waals surface area contributed by atoms with E-state index in [2.05, 4.69) is 15.1 Å². The van der Waals surface area contributed by atoms with Crippen LogP contribution in [-0.2, 0) is 6.54 Å². The molecule has 0 bridgehead atoms. The van der Waals surface area contributed by atoms with Gasteiger partial charge in [-0.15, -0.1) is 0 Å². The minimum absolute atomic E-state index is 0.157. The number of benzene rings is 1. The van der Waals surface area contributed by atoms with E-state index in [1.54, 1.807) is 17.0 Å². The van der Waals surface area contributed by atoms with Gasteiger partial charge in [0.1, 0.15) is 11.4 Å². The number of carbonyl (C=O) groups excluding carboxylic acids is 1. The summed E-state index contributed by atoms with van der Waals surface area (Å²) in [4.78, 5) is 23.9. The quantitative estimate of drug-likeness (QED) is 0.693. The minimum Gasteiger partial charge on any atom is -0.481 e. The van der Waals surface area contributed by atoms with Crippen LogP contribution in [0.3, 0.4) is 0 Å². The summed E-state index contributed by atoms with van der Waals surface area (Å²) in [7, 11) is 3.01. The van der Waals surface area contributed by atoms with Crippen molar-refractivity contribution in [3.05, 3.63) is 53.9 Å². The molecule has 0 saturated heterocycles. The molecule has 1 amide bonds. The molecule has 1 atom stereocenters. The second kappa shape index (κ2) is 7.30. The van der Waals surface area contributed by atoms with E-state index in [9.17, 15) is 4.79 Å². The maximum atomic E-state index is 13.2. The van der Waals surface area contributed by atoms with Gasteiger partial charge in [-0.05, 0) is 13.0 Å². The molecule has 0 saturated carbocycles. The van der Waals surface area contributed by atoms with Gasteiger partial charge in [-0.25, -0.2) is 9.67 Å². The average Bonchev–Trinajstić information content (AvgIpc) is 3.19. The van der Waals surface area contributed by atoms with Gasteiger partial charge in [-0.3, -0.25) is 4.79 Å². The fraction of sp³-hybridized carbons (Fsp3) is 0.300. The molecule has 0 spiro atoms. The van der Waals surface area contributed by atoms with Crippen molar-refractivity contribution in [1.29, 1.82) is 0 Å². The lowest BCUT2D eigenvalue weighted by atomic mass is 10.1. The molecule has 0 N–H and O–H groups in total. The summed E-state index contributed by atoms with van der Waals surface area (Å²) in [5, 5.41) is 4.61. The molecule has 3 heterocycles. The van der Waals surface area contributed by atoms with Crippen LogP contribution in [0, 0.1) is 0 Å². The van der Waals surface area contributed by atoms with E-state index in [0.717, 1.165) is 11.4 Å². The van der Waals surface area contributed by atoms with Crippen LogP contribution in [0.4, 0.5) is 0 Å². The zero-order valence-electron chi connectivity index (χ0n) is 16.0.